The summed E-state index contributed by atoms with van der Waals surface area (Å²) in [6.07, 6.45) is 0. The van der Waals surface area contributed by atoms with E-state index >= 15 is 0 Å². The highest BCUT2D eigenvalue weighted by atomic mass is 32.2. The molecule has 0 saturated heterocycles. The zero-order chi connectivity index (χ0) is 14.1. The molecule has 4 heteroatoms. The van der Waals surface area contributed by atoms with Crippen LogP contribution in [0, 0.1) is 13.8 Å². The minimum Gasteiger partial charge on any atom is -0.333 e. The fourth-order valence-corrected chi connectivity index (χ4v) is 3.12. The number of fused-ring (bicyclic) bond motifs is 1. The lowest BCUT2D eigenvalue weighted by Gasteiger charge is -2.04. The third-order valence-corrected chi connectivity index (χ3v) is 4.24. The van der Waals surface area contributed by atoms with Crippen LogP contribution in [0.25, 0.3) is 11.0 Å². The number of hydrogen-bond acceptors (Lipinski definition) is 3. The van der Waals surface area contributed by atoms with Crippen LogP contribution in [0.1, 0.15) is 16.7 Å². The van der Waals surface area contributed by atoms with Crippen LogP contribution in [-0.2, 0) is 6.54 Å². The van der Waals surface area contributed by atoms with Crippen molar-refractivity contribution < 1.29 is 0 Å². The van der Waals surface area contributed by atoms with Gasteiger partial charge in [0.2, 0.25) is 0 Å². The SMILES string of the molecule is Cc1ccc2nc(Sc3ccc(CN)c(C)c3)[nH]c2c1. The highest BCUT2D eigenvalue weighted by Gasteiger charge is 2.06. The van der Waals surface area contributed by atoms with Gasteiger partial charge in [0.25, 0.3) is 0 Å². The van der Waals surface area contributed by atoms with E-state index in [4.69, 9.17) is 5.73 Å². The van der Waals surface area contributed by atoms with Crippen molar-refractivity contribution in [3.8, 4) is 0 Å². The average Bonchev–Trinajstić information content (AvgIpc) is 2.80. The van der Waals surface area contributed by atoms with Crippen LogP contribution in [0.4, 0.5) is 0 Å². The summed E-state index contributed by atoms with van der Waals surface area (Å²) in [5, 5.41) is 0.922. The predicted molar refractivity (Wildman–Crippen MR) is 84.0 cm³/mol. The molecule has 3 nitrogen and oxygen atoms in total. The summed E-state index contributed by atoms with van der Waals surface area (Å²) in [6.45, 7) is 4.76. The second-order valence-corrected chi connectivity index (χ2v) is 6.02. The number of nitrogens with zero attached hydrogens (tertiary/aromatic N) is 1. The largest absolute Gasteiger partial charge is 0.333 e. The van der Waals surface area contributed by atoms with Gasteiger partial charge in [0.1, 0.15) is 0 Å². The van der Waals surface area contributed by atoms with Crippen LogP contribution in [0.3, 0.4) is 0 Å². The normalized spacial score (nSPS) is 11.2. The molecule has 0 aliphatic carbocycles. The fraction of sp³-hybridized carbons (Fsp3) is 0.188. The first-order valence-electron chi connectivity index (χ1n) is 6.59. The second-order valence-electron chi connectivity index (χ2n) is 4.96. The second kappa shape index (κ2) is 5.31. The van der Waals surface area contributed by atoms with Gasteiger partial charge in [-0.1, -0.05) is 23.9 Å². The number of nitrogens with one attached hydrogen (secondary N) is 1. The number of imidazole rings is 1. The van der Waals surface area contributed by atoms with Gasteiger partial charge in [-0.2, -0.15) is 0 Å². The van der Waals surface area contributed by atoms with Gasteiger partial charge in [-0.3, -0.25) is 0 Å². The minimum atomic E-state index is 0.584. The molecule has 3 N–H and O–H groups in total. The average molecular weight is 283 g/mol. The van der Waals surface area contributed by atoms with E-state index in [1.54, 1.807) is 11.8 Å². The number of nitrogens with two attached hydrogens (primary N) is 1. The van der Waals surface area contributed by atoms with E-state index in [0.717, 1.165) is 16.2 Å². The quantitative estimate of drug-likeness (QED) is 0.769. The number of H-pyrrole nitrogens is 1. The van der Waals surface area contributed by atoms with Gasteiger partial charge in [0.05, 0.1) is 11.0 Å². The predicted octanol–water partition coefficient (Wildman–Crippen LogP) is 3.79. The number of hydrogen-bond donors (Lipinski definition) is 2. The number of rotatable bonds is 3. The molecule has 0 unspecified atom stereocenters. The Morgan fingerprint density at radius 1 is 1.15 bits per heavy atom. The van der Waals surface area contributed by atoms with Gasteiger partial charge in [0, 0.05) is 11.4 Å². The topological polar surface area (TPSA) is 54.7 Å². The molecule has 2 aromatic carbocycles. The third-order valence-electron chi connectivity index (χ3n) is 3.36. The third kappa shape index (κ3) is 2.57. The first-order valence-corrected chi connectivity index (χ1v) is 7.41. The van der Waals surface area contributed by atoms with Crippen molar-refractivity contribution in [1.29, 1.82) is 0 Å². The molecule has 0 radical (unpaired) electrons. The van der Waals surface area contributed by atoms with Crippen molar-refractivity contribution in [3.05, 3.63) is 53.1 Å². The molecule has 0 amide bonds. The van der Waals surface area contributed by atoms with E-state index in [0.29, 0.717) is 6.54 Å². The molecule has 0 bridgehead atoms. The summed E-state index contributed by atoms with van der Waals surface area (Å²) in [4.78, 5) is 9.14. The molecular weight excluding hydrogens is 266 g/mol. The van der Waals surface area contributed by atoms with Crippen LogP contribution in [0.5, 0.6) is 0 Å². The van der Waals surface area contributed by atoms with Crippen molar-refractivity contribution in [1.82, 2.24) is 9.97 Å². The molecule has 0 aliphatic rings. The van der Waals surface area contributed by atoms with Crippen LogP contribution in [0.15, 0.2) is 46.5 Å². The maximum atomic E-state index is 5.69. The Morgan fingerprint density at radius 2 is 2.00 bits per heavy atom. The molecule has 0 aliphatic heterocycles. The lowest BCUT2D eigenvalue weighted by molar-refractivity contribution is 1.04. The van der Waals surface area contributed by atoms with E-state index in [1.807, 2.05) is 6.07 Å². The van der Waals surface area contributed by atoms with Gasteiger partial charge in [0.15, 0.2) is 5.16 Å². The maximum absolute atomic E-state index is 5.69. The van der Waals surface area contributed by atoms with Crippen molar-refractivity contribution in [2.24, 2.45) is 5.73 Å². The summed E-state index contributed by atoms with van der Waals surface area (Å²) in [7, 11) is 0. The van der Waals surface area contributed by atoms with E-state index in [2.05, 4.69) is 54.1 Å². The highest BCUT2D eigenvalue weighted by molar-refractivity contribution is 7.99. The standard InChI is InChI=1S/C16H17N3S/c1-10-3-6-14-15(7-10)19-16(18-14)20-13-5-4-12(9-17)11(2)8-13/h3-8H,9,17H2,1-2H3,(H,18,19). The van der Waals surface area contributed by atoms with Crippen molar-refractivity contribution >= 4 is 22.8 Å². The van der Waals surface area contributed by atoms with Crippen LogP contribution in [-0.4, -0.2) is 9.97 Å². The van der Waals surface area contributed by atoms with Gasteiger partial charge in [-0.05, 0) is 54.8 Å². The minimum absolute atomic E-state index is 0.584. The Labute approximate surface area is 122 Å². The highest BCUT2D eigenvalue weighted by Crippen LogP contribution is 2.28. The Kier molecular flexibility index (Phi) is 3.51. The molecule has 0 fully saturated rings. The lowest BCUT2D eigenvalue weighted by atomic mass is 10.1. The van der Waals surface area contributed by atoms with Crippen molar-refractivity contribution in [2.45, 2.75) is 30.4 Å². The lowest BCUT2D eigenvalue weighted by Crippen LogP contribution is -1.98. The monoisotopic (exact) mass is 283 g/mol. The molecule has 0 saturated carbocycles. The van der Waals surface area contributed by atoms with Gasteiger partial charge < -0.3 is 10.7 Å². The Hall–Kier alpha value is -1.78. The van der Waals surface area contributed by atoms with Crippen LogP contribution in [0.2, 0.25) is 0 Å². The summed E-state index contributed by atoms with van der Waals surface area (Å²) in [6, 6.07) is 12.6. The molecule has 1 heterocycles. The van der Waals surface area contributed by atoms with Gasteiger partial charge >= 0.3 is 0 Å². The molecule has 1 aromatic heterocycles. The van der Waals surface area contributed by atoms with E-state index in [9.17, 15) is 0 Å². The van der Waals surface area contributed by atoms with E-state index in [1.165, 1.54) is 21.6 Å². The summed E-state index contributed by atoms with van der Waals surface area (Å²) < 4.78 is 0. The molecule has 102 valence electrons. The molecule has 0 atom stereocenters. The van der Waals surface area contributed by atoms with Crippen molar-refractivity contribution in [3.63, 3.8) is 0 Å². The number of aromatic nitrogens is 2. The van der Waals surface area contributed by atoms with E-state index < -0.39 is 0 Å². The van der Waals surface area contributed by atoms with Gasteiger partial charge in [-0.25, -0.2) is 4.98 Å². The zero-order valence-electron chi connectivity index (χ0n) is 11.6. The first-order chi connectivity index (χ1) is 9.65. The number of benzene rings is 2. The molecule has 3 rings (SSSR count). The Bertz CT molecular complexity index is 762. The fourth-order valence-electron chi connectivity index (χ4n) is 2.22. The van der Waals surface area contributed by atoms with Gasteiger partial charge in [-0.15, -0.1) is 0 Å². The Morgan fingerprint density at radius 3 is 2.75 bits per heavy atom. The van der Waals surface area contributed by atoms with Crippen molar-refractivity contribution in [2.75, 3.05) is 0 Å². The molecular formula is C16H17N3S. The molecule has 0 spiro atoms. The Balaban J connectivity index is 1.90. The summed E-state index contributed by atoms with van der Waals surface area (Å²) in [5.74, 6) is 0. The summed E-state index contributed by atoms with van der Waals surface area (Å²) >= 11 is 1.65. The molecule has 3 aromatic rings. The molecule has 20 heavy (non-hydrogen) atoms. The van der Waals surface area contributed by atoms with Crippen LogP contribution >= 0.6 is 11.8 Å². The maximum Gasteiger partial charge on any atom is 0.171 e. The number of aryl methyl sites for hydroxylation is 2. The zero-order valence-corrected chi connectivity index (χ0v) is 12.4. The van der Waals surface area contributed by atoms with E-state index in [-0.39, 0.29) is 0 Å². The smallest absolute Gasteiger partial charge is 0.171 e. The number of aromatic amines is 1. The first kappa shape index (κ1) is 13.2. The van der Waals surface area contributed by atoms with Crippen LogP contribution < -0.4 is 5.73 Å². The summed E-state index contributed by atoms with van der Waals surface area (Å²) in [5.41, 5.74) is 11.4.